The van der Waals surface area contributed by atoms with E-state index in [1.807, 2.05) is 11.8 Å². The molecule has 1 atom stereocenters. The monoisotopic (exact) mass is 224 g/mol. The van der Waals surface area contributed by atoms with Crippen LogP contribution in [0.15, 0.2) is 0 Å². The molecule has 0 aliphatic carbocycles. The highest BCUT2D eigenvalue weighted by Crippen LogP contribution is 2.00. The van der Waals surface area contributed by atoms with Crippen LogP contribution in [0.4, 0.5) is 0 Å². The highest BCUT2D eigenvalue weighted by molar-refractivity contribution is 5.81. The fourth-order valence-electron chi connectivity index (χ4n) is 1.65. The summed E-state index contributed by atoms with van der Waals surface area (Å²) in [6.45, 7) is 5.39. The predicted molar refractivity (Wildman–Crippen MR) is 62.9 cm³/mol. The van der Waals surface area contributed by atoms with E-state index >= 15 is 0 Å². The number of ether oxygens (including phenoxy) is 1. The summed E-state index contributed by atoms with van der Waals surface area (Å²) >= 11 is 0. The van der Waals surface area contributed by atoms with Crippen LogP contribution >= 0.6 is 0 Å². The van der Waals surface area contributed by atoms with Crippen molar-refractivity contribution < 1.29 is 9.53 Å². The minimum atomic E-state index is -0.129. The third kappa shape index (κ3) is 4.21. The Morgan fingerprint density at radius 3 is 2.88 bits per heavy atom. The molecule has 1 amide bonds. The van der Waals surface area contributed by atoms with Crippen LogP contribution in [0.5, 0.6) is 0 Å². The molecular weight excluding hydrogens is 204 g/mol. The second kappa shape index (κ2) is 7.26. The van der Waals surface area contributed by atoms with Crippen LogP contribution < -0.4 is 5.32 Å². The summed E-state index contributed by atoms with van der Waals surface area (Å²) < 4.78 is 5.21. The van der Waals surface area contributed by atoms with Crippen molar-refractivity contribution in [2.75, 3.05) is 32.8 Å². The van der Waals surface area contributed by atoms with E-state index < -0.39 is 0 Å². The lowest BCUT2D eigenvalue weighted by atomic mass is 10.2. The minimum absolute atomic E-state index is 0.129. The van der Waals surface area contributed by atoms with E-state index in [2.05, 4.69) is 11.2 Å². The lowest BCUT2D eigenvalue weighted by Crippen LogP contribution is -2.49. The zero-order valence-corrected chi connectivity index (χ0v) is 9.87. The van der Waals surface area contributed by atoms with Gasteiger partial charge in [0.05, 0.1) is 19.3 Å². The van der Waals surface area contributed by atoms with E-state index in [1.54, 1.807) is 0 Å². The molecule has 1 heterocycles. The van der Waals surface area contributed by atoms with Gasteiger partial charge in [0.15, 0.2) is 0 Å². The summed E-state index contributed by atoms with van der Waals surface area (Å²) in [6.07, 6.45) is 6.82. The van der Waals surface area contributed by atoms with Gasteiger partial charge in [-0.05, 0) is 19.9 Å². The topological polar surface area (TPSA) is 41.6 Å². The largest absolute Gasteiger partial charge is 0.378 e. The molecule has 0 spiro atoms. The molecule has 1 saturated heterocycles. The summed E-state index contributed by atoms with van der Waals surface area (Å²) in [5, 5.41) is 3.19. The Balaban J connectivity index is 2.21. The maximum atomic E-state index is 11.9. The van der Waals surface area contributed by atoms with Gasteiger partial charge >= 0.3 is 0 Å². The average molecular weight is 224 g/mol. The van der Waals surface area contributed by atoms with E-state index in [1.165, 1.54) is 0 Å². The zero-order chi connectivity index (χ0) is 11.8. The Bertz CT molecular complexity index is 254. The lowest BCUT2D eigenvalue weighted by molar-refractivity contribution is -0.137. The molecule has 4 nitrogen and oxygen atoms in total. The van der Waals surface area contributed by atoms with Crippen molar-refractivity contribution in [2.24, 2.45) is 0 Å². The average Bonchev–Trinajstić information content (AvgIpc) is 2.34. The van der Waals surface area contributed by atoms with Crippen LogP contribution in [0.2, 0.25) is 0 Å². The Morgan fingerprint density at radius 1 is 1.56 bits per heavy atom. The Labute approximate surface area is 97.3 Å². The SMILES string of the molecule is C#CCCCNC(C)C(=O)N1CCOCC1. The lowest BCUT2D eigenvalue weighted by Gasteiger charge is -2.29. The second-order valence-electron chi connectivity index (χ2n) is 3.92. The summed E-state index contributed by atoms with van der Waals surface area (Å²) in [6, 6.07) is -0.129. The Morgan fingerprint density at radius 2 is 2.25 bits per heavy atom. The van der Waals surface area contributed by atoms with Crippen molar-refractivity contribution in [3.63, 3.8) is 0 Å². The highest BCUT2D eigenvalue weighted by Gasteiger charge is 2.21. The van der Waals surface area contributed by atoms with Crippen molar-refractivity contribution >= 4 is 5.91 Å². The molecule has 1 N–H and O–H groups in total. The highest BCUT2D eigenvalue weighted by atomic mass is 16.5. The first-order valence-corrected chi connectivity index (χ1v) is 5.79. The first-order valence-electron chi connectivity index (χ1n) is 5.79. The molecule has 1 fully saturated rings. The molecule has 0 aromatic rings. The maximum Gasteiger partial charge on any atom is 0.239 e. The zero-order valence-electron chi connectivity index (χ0n) is 9.87. The first-order chi connectivity index (χ1) is 7.75. The molecule has 4 heteroatoms. The van der Waals surface area contributed by atoms with Gasteiger partial charge in [0.2, 0.25) is 5.91 Å². The fraction of sp³-hybridized carbons (Fsp3) is 0.750. The van der Waals surface area contributed by atoms with Crippen molar-refractivity contribution in [1.29, 1.82) is 0 Å². The summed E-state index contributed by atoms with van der Waals surface area (Å²) in [5.74, 6) is 2.74. The molecule has 16 heavy (non-hydrogen) atoms. The summed E-state index contributed by atoms with van der Waals surface area (Å²) in [4.78, 5) is 13.8. The van der Waals surface area contributed by atoms with E-state index in [0.717, 1.165) is 19.4 Å². The molecule has 0 bridgehead atoms. The van der Waals surface area contributed by atoms with Gasteiger partial charge in [0.25, 0.3) is 0 Å². The van der Waals surface area contributed by atoms with Gasteiger partial charge in [0, 0.05) is 19.5 Å². The minimum Gasteiger partial charge on any atom is -0.378 e. The maximum absolute atomic E-state index is 11.9. The van der Waals surface area contributed by atoms with Gasteiger partial charge < -0.3 is 15.0 Å². The molecule has 0 saturated carbocycles. The fourth-order valence-corrected chi connectivity index (χ4v) is 1.65. The third-order valence-corrected chi connectivity index (χ3v) is 2.64. The predicted octanol–water partition coefficient (Wildman–Crippen LogP) is 0.237. The normalized spacial score (nSPS) is 17.9. The van der Waals surface area contributed by atoms with Crippen LogP contribution in [-0.4, -0.2) is 49.7 Å². The van der Waals surface area contributed by atoms with E-state index in [-0.39, 0.29) is 11.9 Å². The number of morpholine rings is 1. The molecule has 0 radical (unpaired) electrons. The van der Waals surface area contributed by atoms with Gasteiger partial charge in [-0.3, -0.25) is 4.79 Å². The standard InChI is InChI=1S/C12H20N2O2/c1-3-4-5-6-13-11(2)12(15)14-7-9-16-10-8-14/h1,11,13H,4-10H2,2H3. The molecule has 1 aliphatic rings. The Kier molecular flexibility index (Phi) is 5.91. The number of terminal acetylenes is 1. The van der Waals surface area contributed by atoms with Crippen LogP contribution in [0.25, 0.3) is 0 Å². The second-order valence-corrected chi connectivity index (χ2v) is 3.92. The molecule has 1 rings (SSSR count). The van der Waals surface area contributed by atoms with Crippen LogP contribution in [-0.2, 0) is 9.53 Å². The van der Waals surface area contributed by atoms with E-state index in [4.69, 9.17) is 11.2 Å². The number of rotatable bonds is 5. The molecule has 90 valence electrons. The summed E-state index contributed by atoms with van der Waals surface area (Å²) in [7, 11) is 0. The van der Waals surface area contributed by atoms with Crippen LogP contribution in [0.1, 0.15) is 19.8 Å². The van der Waals surface area contributed by atoms with Crippen LogP contribution in [0.3, 0.4) is 0 Å². The number of amides is 1. The molecule has 1 unspecified atom stereocenters. The quantitative estimate of drug-likeness (QED) is 0.537. The van der Waals surface area contributed by atoms with Crippen LogP contribution in [0, 0.1) is 12.3 Å². The van der Waals surface area contributed by atoms with Crippen molar-refractivity contribution in [2.45, 2.75) is 25.8 Å². The number of nitrogens with zero attached hydrogens (tertiary/aromatic N) is 1. The van der Waals surface area contributed by atoms with Crippen molar-refractivity contribution in [3.8, 4) is 12.3 Å². The van der Waals surface area contributed by atoms with Gasteiger partial charge in [-0.15, -0.1) is 12.3 Å². The van der Waals surface area contributed by atoms with Gasteiger partial charge in [-0.1, -0.05) is 0 Å². The molecule has 0 aromatic heterocycles. The van der Waals surface area contributed by atoms with E-state index in [9.17, 15) is 4.79 Å². The smallest absolute Gasteiger partial charge is 0.239 e. The molecular formula is C12H20N2O2. The first kappa shape index (κ1) is 13.0. The van der Waals surface area contributed by atoms with Crippen molar-refractivity contribution in [1.82, 2.24) is 10.2 Å². The molecule has 1 aliphatic heterocycles. The molecule has 0 aromatic carbocycles. The number of carbonyl (C=O) groups excluding carboxylic acids is 1. The van der Waals surface area contributed by atoms with Crippen molar-refractivity contribution in [3.05, 3.63) is 0 Å². The van der Waals surface area contributed by atoms with E-state index in [0.29, 0.717) is 26.3 Å². The Hall–Kier alpha value is -1.05. The third-order valence-electron chi connectivity index (χ3n) is 2.64. The van der Waals surface area contributed by atoms with Gasteiger partial charge in [-0.25, -0.2) is 0 Å². The number of carbonyl (C=O) groups is 1. The number of unbranched alkanes of at least 4 members (excludes halogenated alkanes) is 1. The number of hydrogen-bond donors (Lipinski definition) is 1. The number of nitrogens with one attached hydrogen (secondary N) is 1. The summed E-state index contributed by atoms with van der Waals surface area (Å²) in [5.41, 5.74) is 0. The number of hydrogen-bond acceptors (Lipinski definition) is 3. The van der Waals surface area contributed by atoms with Gasteiger partial charge in [0.1, 0.15) is 0 Å². The van der Waals surface area contributed by atoms with Gasteiger partial charge in [-0.2, -0.15) is 0 Å².